The van der Waals surface area contributed by atoms with Crippen molar-refractivity contribution in [2.24, 2.45) is 4.99 Å². The van der Waals surface area contributed by atoms with Crippen LogP contribution in [-0.2, 0) is 11.3 Å². The largest absolute Gasteiger partial charge is 0.496 e. The summed E-state index contributed by atoms with van der Waals surface area (Å²) in [5.74, 6) is 3.38. The van der Waals surface area contributed by atoms with Crippen molar-refractivity contribution in [1.82, 2.24) is 10.6 Å². The van der Waals surface area contributed by atoms with Gasteiger partial charge in [0.25, 0.3) is 0 Å². The Morgan fingerprint density at radius 2 is 2.04 bits per heavy atom. The van der Waals surface area contributed by atoms with Crippen LogP contribution in [0.5, 0.6) is 5.75 Å². The number of guanidine groups is 1. The zero-order valence-corrected chi connectivity index (χ0v) is 16.0. The minimum atomic E-state index is 0.0380. The molecule has 1 aromatic carbocycles. The molecule has 0 spiro atoms. The highest BCUT2D eigenvalue weighted by molar-refractivity contribution is 5.80. The van der Waals surface area contributed by atoms with Gasteiger partial charge in [0.15, 0.2) is 5.96 Å². The van der Waals surface area contributed by atoms with E-state index in [0.29, 0.717) is 19.8 Å². The van der Waals surface area contributed by atoms with E-state index in [2.05, 4.69) is 15.6 Å². The number of hydrogen-bond donors (Lipinski definition) is 2. The summed E-state index contributed by atoms with van der Waals surface area (Å²) in [6.07, 6.45) is 0. The summed E-state index contributed by atoms with van der Waals surface area (Å²) in [6.45, 7) is 8.41. The maximum absolute atomic E-state index is 5.72. The van der Waals surface area contributed by atoms with E-state index in [1.165, 1.54) is 0 Å². The van der Waals surface area contributed by atoms with Crippen molar-refractivity contribution in [3.05, 3.63) is 53.5 Å². The topological polar surface area (TPSA) is 68.0 Å². The fourth-order valence-corrected chi connectivity index (χ4v) is 2.51. The number of nitrogens with one attached hydrogen (secondary N) is 2. The predicted octanol–water partition coefficient (Wildman–Crippen LogP) is 3.43. The molecule has 2 N–H and O–H groups in total. The fourth-order valence-electron chi connectivity index (χ4n) is 2.51. The number of aliphatic imine (C=N–C) groups is 1. The van der Waals surface area contributed by atoms with Gasteiger partial charge in [-0.2, -0.15) is 0 Å². The van der Waals surface area contributed by atoms with Gasteiger partial charge < -0.3 is 24.5 Å². The van der Waals surface area contributed by atoms with Crippen molar-refractivity contribution < 1.29 is 13.9 Å². The van der Waals surface area contributed by atoms with Gasteiger partial charge in [-0.1, -0.05) is 18.2 Å². The summed E-state index contributed by atoms with van der Waals surface area (Å²) in [5, 5.41) is 6.58. The molecule has 2 aromatic rings. The summed E-state index contributed by atoms with van der Waals surface area (Å²) in [7, 11) is 1.67. The SMILES string of the molecule is CCNC(=NCCOCc1ccccc1OC)NC(C)c1ccc(C)o1. The lowest BCUT2D eigenvalue weighted by molar-refractivity contribution is 0.126. The molecule has 1 unspecified atom stereocenters. The highest BCUT2D eigenvalue weighted by Crippen LogP contribution is 2.18. The van der Waals surface area contributed by atoms with Gasteiger partial charge >= 0.3 is 0 Å². The van der Waals surface area contributed by atoms with Gasteiger partial charge in [0.1, 0.15) is 17.3 Å². The number of benzene rings is 1. The third kappa shape index (κ3) is 6.11. The molecular formula is C20H29N3O3. The van der Waals surface area contributed by atoms with Crippen LogP contribution in [-0.4, -0.2) is 32.8 Å². The number of hydrogen-bond acceptors (Lipinski definition) is 4. The Balaban J connectivity index is 1.81. The maximum atomic E-state index is 5.72. The molecule has 0 bridgehead atoms. The summed E-state index contributed by atoms with van der Waals surface area (Å²) >= 11 is 0. The summed E-state index contributed by atoms with van der Waals surface area (Å²) in [4.78, 5) is 4.56. The second-order valence-electron chi connectivity index (χ2n) is 5.94. The lowest BCUT2D eigenvalue weighted by Gasteiger charge is -2.16. The van der Waals surface area contributed by atoms with Crippen molar-refractivity contribution in [2.45, 2.75) is 33.4 Å². The van der Waals surface area contributed by atoms with Crippen LogP contribution in [0.4, 0.5) is 0 Å². The molecule has 6 nitrogen and oxygen atoms in total. The van der Waals surface area contributed by atoms with Crippen molar-refractivity contribution >= 4 is 5.96 Å². The van der Waals surface area contributed by atoms with E-state index >= 15 is 0 Å². The average Bonchev–Trinajstić information content (AvgIpc) is 3.08. The molecule has 0 aliphatic rings. The Morgan fingerprint density at radius 1 is 1.23 bits per heavy atom. The maximum Gasteiger partial charge on any atom is 0.191 e. The average molecular weight is 359 g/mol. The molecule has 0 radical (unpaired) electrons. The van der Waals surface area contributed by atoms with E-state index in [4.69, 9.17) is 13.9 Å². The van der Waals surface area contributed by atoms with Gasteiger partial charge in [0.2, 0.25) is 0 Å². The van der Waals surface area contributed by atoms with Crippen molar-refractivity contribution in [3.63, 3.8) is 0 Å². The monoisotopic (exact) mass is 359 g/mol. The first-order valence-corrected chi connectivity index (χ1v) is 8.94. The zero-order valence-electron chi connectivity index (χ0n) is 16.0. The van der Waals surface area contributed by atoms with E-state index < -0.39 is 0 Å². The molecular weight excluding hydrogens is 330 g/mol. The van der Waals surface area contributed by atoms with E-state index in [-0.39, 0.29) is 6.04 Å². The molecule has 2 rings (SSSR count). The highest BCUT2D eigenvalue weighted by Gasteiger charge is 2.11. The quantitative estimate of drug-likeness (QED) is 0.408. The van der Waals surface area contributed by atoms with Crippen LogP contribution in [0, 0.1) is 6.92 Å². The predicted molar refractivity (Wildman–Crippen MR) is 104 cm³/mol. The second-order valence-corrected chi connectivity index (χ2v) is 5.94. The molecule has 142 valence electrons. The second kappa shape index (κ2) is 10.5. The molecule has 0 amide bonds. The molecule has 1 heterocycles. The zero-order chi connectivity index (χ0) is 18.8. The van der Waals surface area contributed by atoms with Crippen LogP contribution in [0.2, 0.25) is 0 Å². The van der Waals surface area contributed by atoms with Crippen LogP contribution in [0.1, 0.15) is 37.0 Å². The fraction of sp³-hybridized carbons (Fsp3) is 0.450. The van der Waals surface area contributed by atoms with Gasteiger partial charge in [-0.3, -0.25) is 4.99 Å². The highest BCUT2D eigenvalue weighted by atomic mass is 16.5. The van der Waals surface area contributed by atoms with E-state index in [9.17, 15) is 0 Å². The molecule has 0 saturated carbocycles. The van der Waals surface area contributed by atoms with Crippen LogP contribution in [0.25, 0.3) is 0 Å². The third-order valence-electron chi connectivity index (χ3n) is 3.84. The molecule has 6 heteroatoms. The lowest BCUT2D eigenvalue weighted by atomic mass is 10.2. The van der Waals surface area contributed by atoms with Gasteiger partial charge in [0.05, 0.1) is 32.9 Å². The van der Waals surface area contributed by atoms with Crippen LogP contribution in [0.15, 0.2) is 45.8 Å². The molecule has 1 atom stereocenters. The molecule has 26 heavy (non-hydrogen) atoms. The number of ether oxygens (including phenoxy) is 2. The Kier molecular flexibility index (Phi) is 8.02. The van der Waals surface area contributed by atoms with Gasteiger partial charge in [-0.25, -0.2) is 0 Å². The standard InChI is InChI=1S/C20H29N3O3/c1-5-21-20(23-16(3)18-11-10-15(2)26-18)22-12-13-25-14-17-8-6-7-9-19(17)24-4/h6-11,16H,5,12-14H2,1-4H3,(H2,21,22,23). The summed E-state index contributed by atoms with van der Waals surface area (Å²) < 4.78 is 16.7. The number of aryl methyl sites for hydroxylation is 1. The first kappa shape index (κ1) is 19.8. The van der Waals surface area contributed by atoms with Gasteiger partial charge in [-0.15, -0.1) is 0 Å². The molecule has 0 fully saturated rings. The van der Waals surface area contributed by atoms with Gasteiger partial charge in [0, 0.05) is 12.1 Å². The molecule has 0 saturated heterocycles. The Hall–Kier alpha value is -2.47. The number of para-hydroxylation sites is 1. The van der Waals surface area contributed by atoms with Crippen LogP contribution < -0.4 is 15.4 Å². The van der Waals surface area contributed by atoms with Crippen molar-refractivity contribution in [1.29, 1.82) is 0 Å². The minimum absolute atomic E-state index is 0.0380. The van der Waals surface area contributed by atoms with E-state index in [1.807, 2.05) is 57.2 Å². The smallest absolute Gasteiger partial charge is 0.191 e. The van der Waals surface area contributed by atoms with Gasteiger partial charge in [-0.05, 0) is 39.0 Å². The summed E-state index contributed by atoms with van der Waals surface area (Å²) in [5.41, 5.74) is 1.03. The van der Waals surface area contributed by atoms with Crippen LogP contribution >= 0.6 is 0 Å². The first-order chi connectivity index (χ1) is 12.6. The van der Waals surface area contributed by atoms with Crippen molar-refractivity contribution in [3.8, 4) is 5.75 Å². The van der Waals surface area contributed by atoms with Crippen LogP contribution in [0.3, 0.4) is 0 Å². The summed E-state index contributed by atoms with van der Waals surface area (Å²) in [6, 6.07) is 11.8. The molecule has 0 aliphatic heterocycles. The Labute approximate surface area is 155 Å². The number of methoxy groups -OCH3 is 1. The van der Waals surface area contributed by atoms with Crippen molar-refractivity contribution in [2.75, 3.05) is 26.8 Å². The lowest BCUT2D eigenvalue weighted by Crippen LogP contribution is -2.38. The molecule has 0 aliphatic carbocycles. The van der Waals surface area contributed by atoms with E-state index in [0.717, 1.165) is 35.3 Å². The number of furan rings is 1. The molecule has 1 aromatic heterocycles. The minimum Gasteiger partial charge on any atom is -0.496 e. The Morgan fingerprint density at radius 3 is 2.73 bits per heavy atom. The number of rotatable bonds is 9. The first-order valence-electron chi connectivity index (χ1n) is 8.94. The third-order valence-corrected chi connectivity index (χ3v) is 3.84. The normalized spacial score (nSPS) is 12.7. The number of nitrogens with zero attached hydrogens (tertiary/aromatic N) is 1. The van der Waals surface area contributed by atoms with E-state index in [1.54, 1.807) is 7.11 Å². The Bertz CT molecular complexity index is 697.